The van der Waals surface area contributed by atoms with Crippen molar-refractivity contribution < 1.29 is 51.4 Å². The van der Waals surface area contributed by atoms with Gasteiger partial charge in [0, 0.05) is 10.9 Å². The van der Waals surface area contributed by atoms with Crippen LogP contribution in [0.3, 0.4) is 0 Å². The number of hydrogen-bond acceptors (Lipinski definition) is 5. The van der Waals surface area contributed by atoms with Gasteiger partial charge in [-0.2, -0.15) is 5.26 Å². The van der Waals surface area contributed by atoms with E-state index in [1.165, 1.54) is 11.3 Å². The van der Waals surface area contributed by atoms with Crippen LogP contribution in [0, 0.1) is 16.5 Å². The largest absolute Gasteiger partial charge is 1.00 e. The molecule has 0 radical (unpaired) electrons. The van der Waals surface area contributed by atoms with Crippen molar-refractivity contribution in [2.75, 3.05) is 0 Å². The summed E-state index contributed by atoms with van der Waals surface area (Å²) >= 11 is 1.24. The summed E-state index contributed by atoms with van der Waals surface area (Å²) in [6.45, 7) is 0. The first-order chi connectivity index (χ1) is 7.85. The van der Waals surface area contributed by atoms with Gasteiger partial charge in [0.2, 0.25) is 0 Å². The summed E-state index contributed by atoms with van der Waals surface area (Å²) in [4.78, 5) is 4.19. The monoisotopic (exact) mass is 267 g/mol. The first-order valence-corrected chi connectivity index (χ1v) is 5.35. The Morgan fingerprint density at radius 3 is 2.65 bits per heavy atom. The molecule has 0 amide bonds. The van der Waals surface area contributed by atoms with E-state index in [-0.39, 0.29) is 57.1 Å². The van der Waals surface area contributed by atoms with Gasteiger partial charge < -0.3 is 10.4 Å². The van der Waals surface area contributed by atoms with Gasteiger partial charge in [-0.25, -0.2) is 4.98 Å². The average Bonchev–Trinajstić information content (AvgIpc) is 2.81. The smallest absolute Gasteiger partial charge is 0.791 e. The van der Waals surface area contributed by atoms with Crippen molar-refractivity contribution in [3.05, 3.63) is 45.9 Å². The minimum absolute atomic E-state index is 0. The molecule has 1 aromatic heterocycles. The second-order valence-corrected chi connectivity index (χ2v) is 3.81. The zero-order valence-corrected chi connectivity index (χ0v) is 13.1. The minimum atomic E-state index is -0.174. The van der Waals surface area contributed by atoms with Gasteiger partial charge in [-0.1, -0.05) is 30.3 Å². The molecule has 0 aliphatic rings. The molecule has 0 unspecified atom stereocenters. The van der Waals surface area contributed by atoms with E-state index in [2.05, 4.69) is 10.1 Å². The maximum Gasteiger partial charge on any atom is 1.00 e. The number of rotatable bonds is 2. The third-order valence-corrected chi connectivity index (χ3v) is 2.82. The Labute approximate surface area is 145 Å². The molecule has 0 aliphatic carbocycles. The molecule has 17 heavy (non-hydrogen) atoms. The number of aromatic nitrogens is 1. The van der Waals surface area contributed by atoms with Crippen molar-refractivity contribution in [1.29, 1.82) is 5.26 Å². The summed E-state index contributed by atoms with van der Waals surface area (Å²) in [5.74, 6) is 0. The maximum atomic E-state index is 10.3. The van der Waals surface area contributed by atoms with Crippen LogP contribution in [0.1, 0.15) is 5.01 Å². The molecule has 0 saturated heterocycles. The number of hydrogen-bond donors (Lipinski definition) is 0. The summed E-state index contributed by atoms with van der Waals surface area (Å²) in [6, 6.07) is 11.3. The van der Waals surface area contributed by atoms with Crippen LogP contribution in [0.25, 0.3) is 11.3 Å². The first-order valence-electron chi connectivity index (χ1n) is 4.47. The zero-order valence-electron chi connectivity index (χ0n) is 9.12. The fourth-order valence-corrected chi connectivity index (χ4v) is 1.99. The Balaban J connectivity index is 0.00000144. The molecular formula is C11H6KN3OS. The van der Waals surface area contributed by atoms with Gasteiger partial charge in [-0.05, 0) is 0 Å². The molecule has 0 bridgehead atoms. The Morgan fingerprint density at radius 2 is 2.06 bits per heavy atom. The second-order valence-electron chi connectivity index (χ2n) is 2.96. The third kappa shape index (κ3) is 3.45. The molecule has 0 fully saturated rings. The fourth-order valence-electron chi connectivity index (χ4n) is 1.23. The normalized spacial score (nSPS) is 10.4. The Bertz CT molecular complexity index is 560. The fraction of sp³-hybridized carbons (Fsp3) is 0. The van der Waals surface area contributed by atoms with E-state index in [1.54, 1.807) is 11.4 Å². The Hall–Kier alpha value is -0.554. The molecule has 0 saturated carbocycles. The van der Waals surface area contributed by atoms with Crippen LogP contribution >= 0.6 is 11.3 Å². The Morgan fingerprint density at radius 1 is 1.35 bits per heavy atom. The predicted molar refractivity (Wildman–Crippen MR) is 63.1 cm³/mol. The molecule has 0 aliphatic heterocycles. The van der Waals surface area contributed by atoms with E-state index >= 15 is 0 Å². The van der Waals surface area contributed by atoms with Crippen LogP contribution < -0.4 is 51.4 Å². The molecule has 6 heteroatoms. The molecule has 2 rings (SSSR count). The first kappa shape index (κ1) is 14.5. The number of benzene rings is 1. The number of thiazole rings is 1. The van der Waals surface area contributed by atoms with Crippen molar-refractivity contribution in [1.82, 2.24) is 4.98 Å². The van der Waals surface area contributed by atoms with Crippen molar-refractivity contribution >= 4 is 17.0 Å². The van der Waals surface area contributed by atoms with Gasteiger partial charge in [0.1, 0.15) is 6.07 Å². The predicted octanol–water partition coefficient (Wildman–Crippen LogP) is -0.375. The number of nitriles is 1. The van der Waals surface area contributed by atoms with Gasteiger partial charge in [-0.3, -0.25) is 0 Å². The van der Waals surface area contributed by atoms with Crippen LogP contribution in [0.15, 0.2) is 40.9 Å². The summed E-state index contributed by atoms with van der Waals surface area (Å²) < 4.78 is 0. The molecule has 4 nitrogen and oxygen atoms in total. The van der Waals surface area contributed by atoms with Gasteiger partial charge in [0.15, 0.2) is 10.7 Å². The van der Waals surface area contributed by atoms with Gasteiger partial charge in [0.25, 0.3) is 0 Å². The van der Waals surface area contributed by atoms with Crippen LogP contribution in [0.4, 0.5) is 0 Å². The molecule has 0 atom stereocenters. The van der Waals surface area contributed by atoms with Crippen molar-refractivity contribution in [3.8, 4) is 17.3 Å². The zero-order chi connectivity index (χ0) is 11.4. The molecule has 1 aromatic carbocycles. The number of nitrogens with zero attached hydrogens (tertiary/aromatic N) is 3. The molecule has 2 aromatic rings. The second kappa shape index (κ2) is 7.01. The van der Waals surface area contributed by atoms with Crippen molar-refractivity contribution in [3.63, 3.8) is 0 Å². The molecular weight excluding hydrogens is 261 g/mol. The van der Waals surface area contributed by atoms with E-state index in [1.807, 2.05) is 30.3 Å². The van der Waals surface area contributed by atoms with E-state index in [0.29, 0.717) is 5.01 Å². The van der Waals surface area contributed by atoms with Crippen LogP contribution in [0.2, 0.25) is 0 Å². The van der Waals surface area contributed by atoms with E-state index in [4.69, 9.17) is 5.26 Å². The van der Waals surface area contributed by atoms with Crippen molar-refractivity contribution in [2.24, 2.45) is 5.16 Å². The standard InChI is InChI=1S/C11H7N3OS.K/c12-6-9(14-15)11-13-10(7-16-11)8-4-2-1-3-5-8;/h1-5,7,15H;/q;+1/p-1/b14-9+;. The Kier molecular flexibility index (Phi) is 5.98. The topological polar surface area (TPSA) is 72.1 Å². The van der Waals surface area contributed by atoms with Gasteiger partial charge in [-0.15, -0.1) is 11.3 Å². The molecule has 0 N–H and O–H groups in total. The van der Waals surface area contributed by atoms with E-state index in [9.17, 15) is 5.21 Å². The van der Waals surface area contributed by atoms with Crippen LogP contribution in [0.5, 0.6) is 0 Å². The van der Waals surface area contributed by atoms with E-state index in [0.717, 1.165) is 11.3 Å². The maximum absolute atomic E-state index is 10.3. The van der Waals surface area contributed by atoms with Crippen molar-refractivity contribution in [2.45, 2.75) is 0 Å². The summed E-state index contributed by atoms with van der Waals surface area (Å²) in [5, 5.41) is 23.8. The van der Waals surface area contributed by atoms with Gasteiger partial charge >= 0.3 is 51.4 Å². The van der Waals surface area contributed by atoms with Crippen LogP contribution in [-0.2, 0) is 0 Å². The van der Waals surface area contributed by atoms with E-state index < -0.39 is 0 Å². The summed E-state index contributed by atoms with van der Waals surface area (Å²) in [6.07, 6.45) is 0. The minimum Gasteiger partial charge on any atom is -0.791 e. The molecule has 1 heterocycles. The average molecular weight is 267 g/mol. The summed E-state index contributed by atoms with van der Waals surface area (Å²) in [5.41, 5.74) is 1.53. The third-order valence-electron chi connectivity index (χ3n) is 1.97. The quantitative estimate of drug-likeness (QED) is 0.423. The van der Waals surface area contributed by atoms with Crippen LogP contribution in [-0.4, -0.2) is 10.7 Å². The molecule has 78 valence electrons. The summed E-state index contributed by atoms with van der Waals surface area (Å²) in [7, 11) is 0. The van der Waals surface area contributed by atoms with Gasteiger partial charge in [0.05, 0.1) is 5.69 Å². The molecule has 0 spiro atoms. The SMILES string of the molecule is N#C/C(=N\[O-])c1nc(-c2ccccc2)cs1.[K+].